The van der Waals surface area contributed by atoms with Crippen LogP contribution in [0.5, 0.6) is 5.75 Å². The van der Waals surface area contributed by atoms with E-state index in [9.17, 15) is 22.8 Å². The van der Waals surface area contributed by atoms with Crippen LogP contribution >= 0.6 is 0 Å². The summed E-state index contributed by atoms with van der Waals surface area (Å²) in [6.45, 7) is 6.61. The predicted octanol–water partition coefficient (Wildman–Crippen LogP) is 2.61. The van der Waals surface area contributed by atoms with Gasteiger partial charge in [-0.3, -0.25) is 9.59 Å². The van der Waals surface area contributed by atoms with E-state index in [-0.39, 0.29) is 56.7 Å². The third kappa shape index (κ3) is 8.04. The maximum absolute atomic E-state index is 14.4. The summed E-state index contributed by atoms with van der Waals surface area (Å²) in [5.41, 5.74) is 3.63. The first-order chi connectivity index (χ1) is 23.6. The molecule has 3 fully saturated rings. The molecule has 3 aliphatic heterocycles. The maximum Gasteiger partial charge on any atom is 0.380 e. The number of benzene rings is 3. The third-order valence-corrected chi connectivity index (χ3v) is 9.41. The van der Waals surface area contributed by atoms with Gasteiger partial charge in [-0.15, -0.1) is 6.58 Å². The topological polar surface area (TPSA) is 149 Å². The highest BCUT2D eigenvalue weighted by atomic mass is 32.2. The van der Waals surface area contributed by atoms with Gasteiger partial charge >= 0.3 is 16.3 Å². The van der Waals surface area contributed by atoms with Crippen molar-refractivity contribution in [3.05, 3.63) is 108 Å². The molecule has 0 aromatic heterocycles. The summed E-state index contributed by atoms with van der Waals surface area (Å²) in [6, 6.07) is 22.5. The van der Waals surface area contributed by atoms with Crippen molar-refractivity contribution in [3.63, 3.8) is 0 Å². The summed E-state index contributed by atoms with van der Waals surface area (Å²) in [4.78, 5) is 47.8. The van der Waals surface area contributed by atoms with Crippen molar-refractivity contribution in [1.29, 1.82) is 0 Å². The van der Waals surface area contributed by atoms with Crippen LogP contribution in [-0.4, -0.2) is 91.0 Å². The number of urea groups is 1. The number of amides is 4. The minimum Gasteiger partial charge on any atom is -0.372 e. The quantitative estimate of drug-likeness (QED) is 0.293. The number of hydrogen-bond donors (Lipinski definition) is 2. The first kappa shape index (κ1) is 34.0. The molecule has 14 heteroatoms. The number of piperazine rings is 1. The number of hydrazine groups is 1. The van der Waals surface area contributed by atoms with E-state index < -0.39 is 28.5 Å². The molecule has 3 saturated heterocycles. The van der Waals surface area contributed by atoms with Crippen LogP contribution in [0, 0.1) is 0 Å². The van der Waals surface area contributed by atoms with Crippen LogP contribution in [-0.2, 0) is 39.4 Å². The molecule has 4 amide bonds. The molecule has 0 saturated carbocycles. The molecule has 0 radical (unpaired) electrons. The Bertz CT molecular complexity index is 1780. The molecule has 258 valence electrons. The second-order valence-corrected chi connectivity index (χ2v) is 13.6. The molecule has 13 nitrogen and oxygen atoms in total. The highest BCUT2D eigenvalue weighted by Crippen LogP contribution is 2.30. The molecule has 2 atom stereocenters. The molecule has 0 unspecified atom stereocenters. The fraction of sp³-hybridized carbons (Fsp3) is 0.343. The lowest BCUT2D eigenvalue weighted by atomic mass is 9.98. The molecule has 49 heavy (non-hydrogen) atoms. The van der Waals surface area contributed by atoms with Crippen molar-refractivity contribution in [1.82, 2.24) is 25.1 Å². The summed E-state index contributed by atoms with van der Waals surface area (Å²) in [5, 5.41) is 11.2. The Hall–Kier alpha value is -4.92. The zero-order valence-corrected chi connectivity index (χ0v) is 28.0. The average Bonchev–Trinajstić information content (AvgIpc) is 3.62. The molecule has 3 aromatic carbocycles. The van der Waals surface area contributed by atoms with Crippen molar-refractivity contribution in [2.75, 3.05) is 37.6 Å². The van der Waals surface area contributed by atoms with E-state index in [1.807, 2.05) is 42.5 Å². The molecule has 3 N–H and O–H groups in total. The first-order valence-corrected chi connectivity index (χ1v) is 17.8. The highest BCUT2D eigenvalue weighted by molar-refractivity contribution is 7.84. The van der Waals surface area contributed by atoms with Gasteiger partial charge in [0.15, 0.2) is 0 Å². The summed E-state index contributed by atoms with van der Waals surface area (Å²) in [6.07, 6.45) is 3.24. The Labute approximate surface area is 286 Å². The van der Waals surface area contributed by atoms with Gasteiger partial charge in [-0.1, -0.05) is 60.7 Å². The first-order valence-electron chi connectivity index (χ1n) is 16.3. The predicted molar refractivity (Wildman–Crippen MR) is 184 cm³/mol. The molecular formula is C35H41N7O6S. The Kier molecular flexibility index (Phi) is 10.2. The minimum atomic E-state index is -4.21. The van der Waals surface area contributed by atoms with E-state index in [1.54, 1.807) is 33.1 Å². The molecule has 3 aliphatic rings. The maximum atomic E-state index is 14.4. The van der Waals surface area contributed by atoms with Crippen LogP contribution in [0.25, 0.3) is 0 Å². The fourth-order valence-corrected chi connectivity index (χ4v) is 7.16. The molecule has 6 rings (SSSR count). The lowest BCUT2D eigenvalue weighted by molar-refractivity contribution is -0.189. The van der Waals surface area contributed by atoms with E-state index >= 15 is 0 Å². The van der Waals surface area contributed by atoms with Crippen LogP contribution in [0.3, 0.4) is 0 Å². The molecule has 3 heterocycles. The third-order valence-electron chi connectivity index (χ3n) is 8.98. The van der Waals surface area contributed by atoms with Gasteiger partial charge in [-0.25, -0.2) is 14.8 Å². The Morgan fingerprint density at radius 3 is 2.37 bits per heavy atom. The molecule has 0 aliphatic carbocycles. The average molecular weight is 688 g/mol. The number of rotatable bonds is 11. The van der Waals surface area contributed by atoms with E-state index in [4.69, 9.17) is 9.32 Å². The lowest BCUT2D eigenvalue weighted by Gasteiger charge is -2.55. The number of nitrogens with zero attached hydrogens (tertiary/aromatic N) is 5. The molecule has 0 bridgehead atoms. The standard InChI is InChI=1S/C35H41N7O6S/c1-2-17-40-25-33(43)41-31(21-26-13-15-30(16-14-26)48-49(36,46)47)34(44)39(23-28-11-8-12-29(20-28)38-18-6-7-19-38)24-32(41)42(40)35(45)37-22-27-9-4-3-5-10-27/h2-5,8-16,20,31-32H,1,6-7,17-19,21-25H2,(H,37,45)(H2,36,46,47)/t31-,32-/m0/s1. The van der Waals surface area contributed by atoms with Gasteiger partial charge in [-0.2, -0.15) is 13.6 Å². The second-order valence-electron chi connectivity index (χ2n) is 12.4. The molecule has 3 aromatic rings. The highest BCUT2D eigenvalue weighted by Gasteiger charge is 2.51. The van der Waals surface area contributed by atoms with E-state index in [0.717, 1.165) is 42.7 Å². The van der Waals surface area contributed by atoms with Gasteiger partial charge in [0.1, 0.15) is 18.0 Å². The SMILES string of the molecule is C=CCN1CC(=O)N2[C@@H](Cc3ccc(OS(N)(=O)=O)cc3)C(=O)N(Cc3cccc(N4CCCC4)c3)C[C@@H]2N1C(=O)NCc1ccccc1. The fourth-order valence-electron chi connectivity index (χ4n) is 6.78. The Morgan fingerprint density at radius 1 is 0.959 bits per heavy atom. The summed E-state index contributed by atoms with van der Waals surface area (Å²) >= 11 is 0. The smallest absolute Gasteiger partial charge is 0.372 e. The van der Waals surface area contributed by atoms with Crippen LogP contribution in [0.1, 0.15) is 29.5 Å². The van der Waals surface area contributed by atoms with Gasteiger partial charge in [0.05, 0.1) is 13.1 Å². The van der Waals surface area contributed by atoms with Crippen LogP contribution in [0.4, 0.5) is 10.5 Å². The largest absolute Gasteiger partial charge is 0.380 e. The number of hydrogen-bond acceptors (Lipinski definition) is 8. The monoisotopic (exact) mass is 687 g/mol. The number of anilines is 1. The van der Waals surface area contributed by atoms with E-state index in [2.05, 4.69) is 28.9 Å². The zero-order valence-electron chi connectivity index (χ0n) is 27.2. The van der Waals surface area contributed by atoms with Crippen LogP contribution in [0.15, 0.2) is 91.5 Å². The van der Waals surface area contributed by atoms with Crippen LogP contribution < -0.4 is 19.5 Å². The van der Waals surface area contributed by atoms with Gasteiger partial charge in [0.25, 0.3) is 0 Å². The zero-order chi connectivity index (χ0) is 34.5. The van der Waals surface area contributed by atoms with Crippen molar-refractivity contribution < 1.29 is 27.0 Å². The number of carbonyl (C=O) groups excluding carboxylic acids is 3. The van der Waals surface area contributed by atoms with Crippen molar-refractivity contribution in [3.8, 4) is 5.75 Å². The summed E-state index contributed by atoms with van der Waals surface area (Å²) < 4.78 is 27.6. The van der Waals surface area contributed by atoms with Crippen molar-refractivity contribution >= 4 is 33.8 Å². The minimum absolute atomic E-state index is 0.0222. The van der Waals surface area contributed by atoms with Gasteiger partial charge < -0.3 is 24.2 Å². The van der Waals surface area contributed by atoms with E-state index in [0.29, 0.717) is 5.56 Å². The van der Waals surface area contributed by atoms with E-state index in [1.165, 1.54) is 17.0 Å². The van der Waals surface area contributed by atoms with Crippen LogP contribution in [0.2, 0.25) is 0 Å². The summed E-state index contributed by atoms with van der Waals surface area (Å²) in [7, 11) is -4.21. The Morgan fingerprint density at radius 2 is 1.67 bits per heavy atom. The van der Waals surface area contributed by atoms with Crippen molar-refractivity contribution in [2.24, 2.45) is 5.14 Å². The molecule has 0 spiro atoms. The van der Waals surface area contributed by atoms with Gasteiger partial charge in [-0.05, 0) is 53.8 Å². The number of carbonyl (C=O) groups is 3. The second kappa shape index (κ2) is 14.7. The Balaban J connectivity index is 1.32. The number of nitrogens with two attached hydrogens (primary N) is 1. The van der Waals surface area contributed by atoms with Crippen molar-refractivity contribution in [2.45, 2.75) is 44.6 Å². The number of fused-ring (bicyclic) bond motifs is 1. The number of nitrogens with one attached hydrogen (secondary N) is 1. The van der Waals surface area contributed by atoms with Gasteiger partial charge in [0.2, 0.25) is 11.8 Å². The van der Waals surface area contributed by atoms with Gasteiger partial charge in [0, 0.05) is 44.8 Å². The summed E-state index contributed by atoms with van der Waals surface area (Å²) in [5.74, 6) is -0.515. The normalized spacial score (nSPS) is 19.9. The lowest BCUT2D eigenvalue weighted by Crippen LogP contribution is -2.76. The molecular weight excluding hydrogens is 646 g/mol.